The molecule has 1 aromatic carbocycles. The largest absolute Gasteiger partial charge is 0.416 e. The highest BCUT2D eigenvalue weighted by atomic mass is 19.4. The molecule has 7 heteroatoms. The summed E-state index contributed by atoms with van der Waals surface area (Å²) < 4.78 is 61.0. The fraction of sp³-hybridized carbons (Fsp3) is 0.455. The molecule has 1 aromatic rings. The van der Waals surface area contributed by atoms with Crippen molar-refractivity contribution in [2.24, 2.45) is 5.73 Å². The number of nitrogens with one attached hydrogen (secondary N) is 1. The molecular formula is C11H13F5N2. The molecule has 0 aliphatic heterocycles. The van der Waals surface area contributed by atoms with E-state index < -0.39 is 30.8 Å². The van der Waals surface area contributed by atoms with Crippen molar-refractivity contribution in [3.8, 4) is 0 Å². The SMILES string of the molecule is NCC(NCC(F)F)c1ccc(C(F)(F)F)cc1. The van der Waals surface area contributed by atoms with Gasteiger partial charge in [-0.05, 0) is 17.7 Å². The molecule has 3 N–H and O–H groups in total. The molecule has 0 spiro atoms. The number of hydrogen-bond acceptors (Lipinski definition) is 2. The monoisotopic (exact) mass is 268 g/mol. The van der Waals surface area contributed by atoms with E-state index in [1.165, 1.54) is 12.1 Å². The number of hydrogen-bond donors (Lipinski definition) is 2. The van der Waals surface area contributed by atoms with Crippen molar-refractivity contribution in [1.29, 1.82) is 0 Å². The average molecular weight is 268 g/mol. The van der Waals surface area contributed by atoms with Crippen molar-refractivity contribution in [3.05, 3.63) is 35.4 Å². The lowest BCUT2D eigenvalue weighted by Gasteiger charge is -2.17. The Morgan fingerprint density at radius 1 is 1.11 bits per heavy atom. The van der Waals surface area contributed by atoms with E-state index in [0.29, 0.717) is 5.56 Å². The summed E-state index contributed by atoms with van der Waals surface area (Å²) in [5, 5.41) is 2.49. The van der Waals surface area contributed by atoms with Crippen LogP contribution in [0.4, 0.5) is 22.0 Å². The Labute approximate surface area is 101 Å². The van der Waals surface area contributed by atoms with E-state index in [9.17, 15) is 22.0 Å². The molecule has 0 saturated carbocycles. The molecule has 1 rings (SSSR count). The minimum Gasteiger partial charge on any atom is -0.329 e. The first-order chi connectivity index (χ1) is 8.34. The second kappa shape index (κ2) is 6.10. The molecule has 0 fully saturated rings. The Morgan fingerprint density at radius 2 is 1.67 bits per heavy atom. The standard InChI is InChI=1S/C11H13F5N2/c12-10(13)6-18-9(5-17)7-1-3-8(4-2-7)11(14,15)16/h1-4,9-10,18H,5-6,17H2. The van der Waals surface area contributed by atoms with Crippen LogP contribution < -0.4 is 11.1 Å². The first-order valence-electron chi connectivity index (χ1n) is 5.23. The second-order valence-electron chi connectivity index (χ2n) is 3.71. The summed E-state index contributed by atoms with van der Waals surface area (Å²) in [5.41, 5.74) is 5.05. The van der Waals surface area contributed by atoms with E-state index in [-0.39, 0.29) is 6.54 Å². The van der Waals surface area contributed by atoms with Gasteiger partial charge in [-0.15, -0.1) is 0 Å². The fourth-order valence-electron chi connectivity index (χ4n) is 1.47. The van der Waals surface area contributed by atoms with Crippen molar-refractivity contribution in [1.82, 2.24) is 5.32 Å². The topological polar surface area (TPSA) is 38.0 Å². The van der Waals surface area contributed by atoms with Crippen molar-refractivity contribution < 1.29 is 22.0 Å². The van der Waals surface area contributed by atoms with Gasteiger partial charge in [-0.2, -0.15) is 13.2 Å². The maximum atomic E-state index is 12.3. The maximum Gasteiger partial charge on any atom is 0.416 e. The molecule has 1 unspecified atom stereocenters. The summed E-state index contributed by atoms with van der Waals surface area (Å²) in [5.74, 6) is 0. The highest BCUT2D eigenvalue weighted by Gasteiger charge is 2.30. The van der Waals surface area contributed by atoms with Crippen LogP contribution in [0, 0.1) is 0 Å². The van der Waals surface area contributed by atoms with Crippen molar-refractivity contribution in [3.63, 3.8) is 0 Å². The van der Waals surface area contributed by atoms with Gasteiger partial charge in [-0.3, -0.25) is 0 Å². The van der Waals surface area contributed by atoms with Crippen molar-refractivity contribution in [2.45, 2.75) is 18.6 Å². The molecule has 0 saturated heterocycles. The van der Waals surface area contributed by atoms with Gasteiger partial charge in [0.15, 0.2) is 0 Å². The maximum absolute atomic E-state index is 12.3. The van der Waals surface area contributed by atoms with Gasteiger partial charge in [-0.25, -0.2) is 8.78 Å². The Kier molecular flexibility index (Phi) is 5.03. The van der Waals surface area contributed by atoms with E-state index >= 15 is 0 Å². The van der Waals surface area contributed by atoms with Crippen LogP contribution in [-0.2, 0) is 6.18 Å². The average Bonchev–Trinajstić information content (AvgIpc) is 2.29. The van der Waals surface area contributed by atoms with Crippen molar-refractivity contribution >= 4 is 0 Å². The molecule has 0 bridgehead atoms. The smallest absolute Gasteiger partial charge is 0.329 e. The van der Waals surface area contributed by atoms with Crippen LogP contribution in [0.25, 0.3) is 0 Å². The molecule has 0 amide bonds. The summed E-state index contributed by atoms with van der Waals surface area (Å²) >= 11 is 0. The van der Waals surface area contributed by atoms with E-state index in [0.717, 1.165) is 12.1 Å². The molecule has 1 atom stereocenters. The third kappa shape index (κ3) is 4.23. The molecule has 0 aliphatic rings. The van der Waals surface area contributed by atoms with Gasteiger partial charge in [0.2, 0.25) is 0 Å². The summed E-state index contributed by atoms with van der Waals surface area (Å²) in [6.45, 7) is -0.527. The zero-order valence-corrected chi connectivity index (χ0v) is 9.35. The lowest BCUT2D eigenvalue weighted by molar-refractivity contribution is -0.137. The Balaban J connectivity index is 2.76. The second-order valence-corrected chi connectivity index (χ2v) is 3.71. The predicted octanol–water partition coefficient (Wildman–Crippen LogP) is 2.56. The van der Waals surface area contributed by atoms with Crippen LogP contribution in [0.3, 0.4) is 0 Å². The number of alkyl halides is 5. The highest BCUT2D eigenvalue weighted by Crippen LogP contribution is 2.29. The van der Waals surface area contributed by atoms with E-state index in [4.69, 9.17) is 5.73 Å². The first-order valence-corrected chi connectivity index (χ1v) is 5.23. The third-order valence-corrected chi connectivity index (χ3v) is 2.39. The molecule has 0 heterocycles. The Hall–Kier alpha value is -1.21. The molecule has 18 heavy (non-hydrogen) atoms. The zero-order chi connectivity index (χ0) is 13.8. The highest BCUT2D eigenvalue weighted by molar-refractivity contribution is 5.27. The summed E-state index contributed by atoms with van der Waals surface area (Å²) in [6, 6.07) is 3.70. The molecular weight excluding hydrogens is 255 g/mol. The lowest BCUT2D eigenvalue weighted by atomic mass is 10.0. The summed E-state index contributed by atoms with van der Waals surface area (Å²) in [7, 11) is 0. The van der Waals surface area contributed by atoms with E-state index in [2.05, 4.69) is 5.32 Å². The lowest BCUT2D eigenvalue weighted by Crippen LogP contribution is -2.31. The molecule has 102 valence electrons. The van der Waals surface area contributed by atoms with Gasteiger partial charge < -0.3 is 11.1 Å². The molecule has 2 nitrogen and oxygen atoms in total. The van der Waals surface area contributed by atoms with Crippen LogP contribution >= 0.6 is 0 Å². The minimum absolute atomic E-state index is 0.0259. The van der Waals surface area contributed by atoms with Crippen molar-refractivity contribution in [2.75, 3.05) is 13.1 Å². The molecule has 0 aliphatic carbocycles. The Bertz CT molecular complexity index is 361. The van der Waals surface area contributed by atoms with Crippen LogP contribution in [0.5, 0.6) is 0 Å². The van der Waals surface area contributed by atoms with Crippen LogP contribution in [0.1, 0.15) is 17.2 Å². The number of nitrogens with two attached hydrogens (primary N) is 1. The number of rotatable bonds is 5. The van der Waals surface area contributed by atoms with E-state index in [1.54, 1.807) is 0 Å². The number of halogens is 5. The summed E-state index contributed by atoms with van der Waals surface area (Å²) in [4.78, 5) is 0. The minimum atomic E-state index is -4.41. The van der Waals surface area contributed by atoms with Gasteiger partial charge in [0.1, 0.15) is 0 Å². The predicted molar refractivity (Wildman–Crippen MR) is 57.2 cm³/mol. The van der Waals surface area contributed by atoms with Crippen LogP contribution in [-0.4, -0.2) is 19.5 Å². The van der Waals surface area contributed by atoms with Crippen LogP contribution in [0.15, 0.2) is 24.3 Å². The van der Waals surface area contributed by atoms with Crippen LogP contribution in [0.2, 0.25) is 0 Å². The van der Waals surface area contributed by atoms with Gasteiger partial charge in [0.05, 0.1) is 12.1 Å². The van der Waals surface area contributed by atoms with Gasteiger partial charge in [-0.1, -0.05) is 12.1 Å². The van der Waals surface area contributed by atoms with Gasteiger partial charge in [0.25, 0.3) is 6.43 Å². The van der Waals surface area contributed by atoms with Gasteiger partial charge >= 0.3 is 6.18 Å². The molecule has 0 radical (unpaired) electrons. The fourth-order valence-corrected chi connectivity index (χ4v) is 1.47. The zero-order valence-electron chi connectivity index (χ0n) is 9.35. The quantitative estimate of drug-likeness (QED) is 0.805. The molecule has 0 aromatic heterocycles. The normalized spacial score (nSPS) is 13.9. The van der Waals surface area contributed by atoms with Gasteiger partial charge in [0, 0.05) is 12.6 Å². The summed E-state index contributed by atoms with van der Waals surface area (Å²) in [6.07, 6.45) is -6.94. The Morgan fingerprint density at radius 3 is 2.06 bits per heavy atom. The van der Waals surface area contributed by atoms with E-state index in [1.807, 2.05) is 0 Å². The number of benzene rings is 1. The first kappa shape index (κ1) is 14.8. The third-order valence-electron chi connectivity index (χ3n) is 2.39.